The first-order valence-corrected chi connectivity index (χ1v) is 4.30. The molecule has 0 saturated carbocycles. The Bertz CT molecular complexity index is 369. The molecule has 0 unspecified atom stereocenters. The molecule has 0 aromatic carbocycles. The molecule has 0 aliphatic heterocycles. The summed E-state index contributed by atoms with van der Waals surface area (Å²) in [5.41, 5.74) is 1.87. The lowest BCUT2D eigenvalue weighted by Crippen LogP contribution is -2.31. The minimum atomic E-state index is 0.386. The van der Waals surface area contributed by atoms with Crippen molar-refractivity contribution in [1.82, 2.24) is 0 Å². The molecular weight excluding hydrogens is 180 g/mol. The van der Waals surface area contributed by atoms with Crippen LogP contribution in [0.2, 0.25) is 0 Å². The average molecular weight is 192 g/mol. The Labute approximate surface area is 82.9 Å². The molecular formula is C10H12N2O2. The third-order valence-electron chi connectivity index (χ3n) is 2.09. The van der Waals surface area contributed by atoms with Gasteiger partial charge in [-0.2, -0.15) is 9.99 Å². The van der Waals surface area contributed by atoms with Gasteiger partial charge in [-0.3, -0.25) is 0 Å². The highest BCUT2D eigenvalue weighted by Gasteiger charge is 2.09. The van der Waals surface area contributed by atoms with Gasteiger partial charge in [-0.15, -0.1) is 0 Å². The molecule has 0 aliphatic rings. The van der Waals surface area contributed by atoms with Gasteiger partial charge in [0.25, 0.3) is 0 Å². The van der Waals surface area contributed by atoms with E-state index in [0.29, 0.717) is 24.3 Å². The van der Waals surface area contributed by atoms with Crippen LogP contribution in [0.15, 0.2) is 12.3 Å². The lowest BCUT2D eigenvalue weighted by molar-refractivity contribution is -0.613. The molecule has 0 N–H and O–H groups in total. The highest BCUT2D eigenvalue weighted by Crippen LogP contribution is 2.06. The Morgan fingerprint density at radius 2 is 2.36 bits per heavy atom. The van der Waals surface area contributed by atoms with E-state index < -0.39 is 0 Å². The number of nitriles is 1. The third-order valence-corrected chi connectivity index (χ3v) is 2.09. The molecule has 0 spiro atoms. The zero-order chi connectivity index (χ0) is 10.6. The molecule has 0 fully saturated rings. The van der Waals surface area contributed by atoms with E-state index in [0.717, 1.165) is 10.3 Å². The van der Waals surface area contributed by atoms with Gasteiger partial charge in [0, 0.05) is 26.0 Å². The zero-order valence-corrected chi connectivity index (χ0v) is 8.28. The van der Waals surface area contributed by atoms with Crippen molar-refractivity contribution in [3.8, 4) is 6.07 Å². The van der Waals surface area contributed by atoms with E-state index in [1.54, 1.807) is 20.1 Å². The van der Waals surface area contributed by atoms with Gasteiger partial charge in [0.1, 0.15) is 11.6 Å². The summed E-state index contributed by atoms with van der Waals surface area (Å²) in [6, 6.07) is 3.68. The molecule has 1 heterocycles. The van der Waals surface area contributed by atoms with E-state index in [-0.39, 0.29) is 0 Å². The zero-order valence-electron chi connectivity index (χ0n) is 8.28. The molecule has 4 nitrogen and oxygen atoms in total. The topological polar surface area (TPSA) is 60.0 Å². The minimum Gasteiger partial charge on any atom is -0.618 e. The average Bonchev–Trinajstić information content (AvgIpc) is 2.20. The van der Waals surface area contributed by atoms with Gasteiger partial charge in [0.15, 0.2) is 11.9 Å². The Balaban J connectivity index is 3.02. The summed E-state index contributed by atoms with van der Waals surface area (Å²) in [6.45, 7) is 2.29. The van der Waals surface area contributed by atoms with Gasteiger partial charge < -0.3 is 9.94 Å². The number of hydrogen-bond donors (Lipinski definition) is 0. The third kappa shape index (κ3) is 2.21. The highest BCUT2D eigenvalue weighted by atomic mass is 16.5. The summed E-state index contributed by atoms with van der Waals surface area (Å²) in [4.78, 5) is 0. The molecule has 1 rings (SSSR count). The van der Waals surface area contributed by atoms with Crippen molar-refractivity contribution in [3.63, 3.8) is 0 Å². The molecule has 0 amide bonds. The number of pyridine rings is 1. The molecule has 0 radical (unpaired) electrons. The fraction of sp³-hybridized carbons (Fsp3) is 0.400. The van der Waals surface area contributed by atoms with E-state index >= 15 is 0 Å². The van der Waals surface area contributed by atoms with Gasteiger partial charge in [-0.05, 0) is 6.07 Å². The smallest absolute Gasteiger partial charge is 0.198 e. The van der Waals surface area contributed by atoms with Crippen LogP contribution < -0.4 is 4.73 Å². The predicted molar refractivity (Wildman–Crippen MR) is 50.4 cm³/mol. The number of nitrogens with zero attached hydrogens (tertiary/aromatic N) is 2. The van der Waals surface area contributed by atoms with Gasteiger partial charge >= 0.3 is 0 Å². The maximum Gasteiger partial charge on any atom is 0.198 e. The monoisotopic (exact) mass is 192 g/mol. The van der Waals surface area contributed by atoms with Crippen LogP contribution in [0.25, 0.3) is 0 Å². The van der Waals surface area contributed by atoms with Crippen molar-refractivity contribution in [3.05, 3.63) is 34.3 Å². The Hall–Kier alpha value is -1.60. The molecule has 0 saturated heterocycles. The van der Waals surface area contributed by atoms with Gasteiger partial charge in [-0.1, -0.05) is 0 Å². The van der Waals surface area contributed by atoms with Crippen molar-refractivity contribution in [2.75, 3.05) is 13.7 Å². The molecule has 74 valence electrons. The largest absolute Gasteiger partial charge is 0.618 e. The van der Waals surface area contributed by atoms with Crippen molar-refractivity contribution in [1.29, 1.82) is 5.26 Å². The molecule has 0 aliphatic carbocycles. The highest BCUT2D eigenvalue weighted by molar-refractivity contribution is 5.30. The SMILES string of the molecule is COCCc1cc(C#N)c[n+]([O-])c1C. The summed E-state index contributed by atoms with van der Waals surface area (Å²) in [5, 5.41) is 20.0. The van der Waals surface area contributed by atoms with Crippen LogP contribution in [-0.4, -0.2) is 13.7 Å². The first kappa shape index (κ1) is 10.5. The lowest BCUT2D eigenvalue weighted by atomic mass is 10.1. The molecule has 4 heteroatoms. The van der Waals surface area contributed by atoms with Crippen molar-refractivity contribution in [2.45, 2.75) is 13.3 Å². The van der Waals surface area contributed by atoms with Crippen molar-refractivity contribution < 1.29 is 9.47 Å². The number of hydrogen-bond acceptors (Lipinski definition) is 3. The van der Waals surface area contributed by atoms with Crippen LogP contribution in [0.3, 0.4) is 0 Å². The van der Waals surface area contributed by atoms with E-state index in [2.05, 4.69) is 0 Å². The summed E-state index contributed by atoms with van der Waals surface area (Å²) < 4.78 is 5.65. The lowest BCUT2D eigenvalue weighted by Gasteiger charge is -2.06. The van der Waals surface area contributed by atoms with Crippen LogP contribution in [0.4, 0.5) is 0 Å². The standard InChI is InChI=1S/C10H12N2O2/c1-8-10(3-4-14-2)5-9(6-11)7-12(8)13/h5,7H,3-4H2,1-2H3. The Kier molecular flexibility index (Phi) is 3.43. The van der Waals surface area contributed by atoms with Gasteiger partial charge in [0.05, 0.1) is 6.61 Å². The summed E-state index contributed by atoms with van der Waals surface area (Å²) in [7, 11) is 1.61. The second-order valence-corrected chi connectivity index (χ2v) is 3.02. The van der Waals surface area contributed by atoms with Gasteiger partial charge in [0.2, 0.25) is 0 Å². The second kappa shape index (κ2) is 4.58. The van der Waals surface area contributed by atoms with Crippen LogP contribution in [0.1, 0.15) is 16.8 Å². The molecule has 0 bridgehead atoms. The summed E-state index contributed by atoms with van der Waals surface area (Å²) in [6.07, 6.45) is 1.94. The fourth-order valence-corrected chi connectivity index (χ4v) is 1.22. The summed E-state index contributed by atoms with van der Waals surface area (Å²) >= 11 is 0. The van der Waals surface area contributed by atoms with E-state index in [1.807, 2.05) is 6.07 Å². The predicted octanol–water partition coefficient (Wildman–Crippen LogP) is 0.689. The summed E-state index contributed by atoms with van der Waals surface area (Å²) in [5.74, 6) is 0. The fourth-order valence-electron chi connectivity index (χ4n) is 1.22. The number of methoxy groups -OCH3 is 1. The van der Waals surface area contributed by atoms with Crippen LogP contribution in [0, 0.1) is 23.5 Å². The van der Waals surface area contributed by atoms with E-state index in [1.165, 1.54) is 6.20 Å². The van der Waals surface area contributed by atoms with Crippen LogP contribution >= 0.6 is 0 Å². The number of rotatable bonds is 3. The molecule has 1 aromatic heterocycles. The van der Waals surface area contributed by atoms with Crippen molar-refractivity contribution in [2.24, 2.45) is 0 Å². The number of ether oxygens (including phenoxy) is 1. The first-order chi connectivity index (χ1) is 6.69. The van der Waals surface area contributed by atoms with Crippen molar-refractivity contribution >= 4 is 0 Å². The maximum absolute atomic E-state index is 11.3. The van der Waals surface area contributed by atoms with Crippen LogP contribution in [-0.2, 0) is 11.2 Å². The van der Waals surface area contributed by atoms with Gasteiger partial charge in [-0.25, -0.2) is 0 Å². The molecule has 14 heavy (non-hydrogen) atoms. The molecule has 0 atom stereocenters. The quantitative estimate of drug-likeness (QED) is 0.523. The normalized spacial score (nSPS) is 9.79. The minimum absolute atomic E-state index is 0.386. The Morgan fingerprint density at radius 1 is 1.64 bits per heavy atom. The number of aromatic nitrogens is 1. The van der Waals surface area contributed by atoms with Crippen LogP contribution in [0.5, 0.6) is 0 Å². The van der Waals surface area contributed by atoms with E-state index in [4.69, 9.17) is 10.00 Å². The molecule has 1 aromatic rings. The van der Waals surface area contributed by atoms with E-state index in [9.17, 15) is 5.21 Å². The second-order valence-electron chi connectivity index (χ2n) is 3.02. The first-order valence-electron chi connectivity index (χ1n) is 4.30. The Morgan fingerprint density at radius 3 is 2.93 bits per heavy atom. The maximum atomic E-state index is 11.3.